The number of aliphatic hydroxyl groups is 1. The molecule has 1 aliphatic heterocycles. The second kappa shape index (κ2) is 4.84. The Balaban J connectivity index is 2.25. The van der Waals surface area contributed by atoms with Crippen molar-refractivity contribution in [3.63, 3.8) is 0 Å². The summed E-state index contributed by atoms with van der Waals surface area (Å²) in [7, 11) is 1.57. The third kappa shape index (κ3) is 2.41. The highest BCUT2D eigenvalue weighted by Crippen LogP contribution is 2.39. The number of hydrogen-bond acceptors (Lipinski definition) is 3. The van der Waals surface area contributed by atoms with Gasteiger partial charge in [-0.1, -0.05) is 17.7 Å². The maximum Gasteiger partial charge on any atom is 0.137 e. The average molecular weight is 257 g/mol. The summed E-state index contributed by atoms with van der Waals surface area (Å²) in [6.45, 7) is 2.64. The fraction of sp³-hybridized carbons (Fsp3) is 0.538. The van der Waals surface area contributed by atoms with E-state index in [0.29, 0.717) is 17.4 Å². The van der Waals surface area contributed by atoms with Gasteiger partial charge in [0.1, 0.15) is 11.9 Å². The second-order valence-electron chi connectivity index (χ2n) is 4.56. The third-order valence-electron chi connectivity index (χ3n) is 3.32. The molecule has 1 heterocycles. The summed E-state index contributed by atoms with van der Waals surface area (Å²) in [6, 6.07) is 5.32. The summed E-state index contributed by atoms with van der Waals surface area (Å²) >= 11 is 6.05. The molecule has 1 aliphatic rings. The summed E-state index contributed by atoms with van der Waals surface area (Å²) in [5, 5.41) is 10.8. The van der Waals surface area contributed by atoms with Crippen LogP contribution in [0, 0.1) is 0 Å². The van der Waals surface area contributed by atoms with Crippen molar-refractivity contribution in [3.8, 4) is 5.75 Å². The molecule has 0 amide bonds. The van der Waals surface area contributed by atoms with Crippen LogP contribution in [0.25, 0.3) is 0 Å². The van der Waals surface area contributed by atoms with Gasteiger partial charge < -0.3 is 14.6 Å². The van der Waals surface area contributed by atoms with Crippen molar-refractivity contribution in [3.05, 3.63) is 28.8 Å². The molecular weight excluding hydrogens is 240 g/mol. The maximum absolute atomic E-state index is 10.3. The largest absolute Gasteiger partial charge is 0.495 e. The van der Waals surface area contributed by atoms with Gasteiger partial charge in [0.05, 0.1) is 17.7 Å². The Hall–Kier alpha value is -0.770. The van der Waals surface area contributed by atoms with Gasteiger partial charge in [-0.05, 0) is 37.5 Å². The minimum Gasteiger partial charge on any atom is -0.495 e. The number of rotatable bonds is 3. The van der Waals surface area contributed by atoms with Crippen LogP contribution in [-0.2, 0) is 4.74 Å². The summed E-state index contributed by atoms with van der Waals surface area (Å²) in [5.41, 5.74) is 0.262. The fourth-order valence-corrected chi connectivity index (χ4v) is 2.49. The van der Waals surface area contributed by atoms with Crippen LogP contribution in [-0.4, -0.2) is 24.4 Å². The molecule has 1 N–H and O–H groups in total. The molecule has 17 heavy (non-hydrogen) atoms. The summed E-state index contributed by atoms with van der Waals surface area (Å²) < 4.78 is 10.7. The highest BCUT2D eigenvalue weighted by atomic mass is 35.5. The highest BCUT2D eigenvalue weighted by Gasteiger charge is 2.38. The topological polar surface area (TPSA) is 38.7 Å². The van der Waals surface area contributed by atoms with Crippen LogP contribution in [0.5, 0.6) is 5.75 Å². The molecule has 1 fully saturated rings. The van der Waals surface area contributed by atoms with Crippen molar-refractivity contribution >= 4 is 11.6 Å². The van der Waals surface area contributed by atoms with Crippen molar-refractivity contribution < 1.29 is 14.6 Å². The van der Waals surface area contributed by atoms with Crippen LogP contribution in [0.15, 0.2) is 18.2 Å². The zero-order valence-electron chi connectivity index (χ0n) is 10.1. The lowest BCUT2D eigenvalue weighted by Crippen LogP contribution is -2.31. The summed E-state index contributed by atoms with van der Waals surface area (Å²) in [6.07, 6.45) is 1.18. The first-order chi connectivity index (χ1) is 8.07. The Morgan fingerprint density at radius 3 is 2.82 bits per heavy atom. The van der Waals surface area contributed by atoms with Crippen molar-refractivity contribution in [2.45, 2.75) is 31.5 Å². The minimum absolute atomic E-state index is 0.502. The Kier molecular flexibility index (Phi) is 3.61. The predicted molar refractivity (Wildman–Crippen MR) is 66.6 cm³/mol. The maximum atomic E-state index is 10.3. The van der Waals surface area contributed by atoms with Gasteiger partial charge >= 0.3 is 0 Å². The summed E-state index contributed by atoms with van der Waals surface area (Å²) in [5.74, 6) is 0.611. The third-order valence-corrected chi connectivity index (χ3v) is 3.61. The lowest BCUT2D eigenvalue weighted by molar-refractivity contribution is -0.0796. The van der Waals surface area contributed by atoms with Gasteiger partial charge in [0, 0.05) is 6.61 Å². The molecule has 1 aromatic rings. The first kappa shape index (κ1) is 12.7. The molecule has 2 rings (SSSR count). The Morgan fingerprint density at radius 2 is 2.29 bits per heavy atom. The molecular formula is C13H17ClO3. The minimum atomic E-state index is -0.659. The number of hydrogen-bond donors (Lipinski definition) is 1. The van der Waals surface area contributed by atoms with Crippen LogP contribution < -0.4 is 4.74 Å². The quantitative estimate of drug-likeness (QED) is 0.904. The van der Waals surface area contributed by atoms with Gasteiger partial charge in [-0.25, -0.2) is 0 Å². The van der Waals surface area contributed by atoms with E-state index in [1.54, 1.807) is 19.2 Å². The van der Waals surface area contributed by atoms with Crippen molar-refractivity contribution in [2.24, 2.45) is 0 Å². The van der Waals surface area contributed by atoms with E-state index in [1.807, 2.05) is 13.0 Å². The Labute approximate surface area is 106 Å². The van der Waals surface area contributed by atoms with Gasteiger partial charge in [0.2, 0.25) is 0 Å². The van der Waals surface area contributed by atoms with Gasteiger partial charge in [-0.15, -0.1) is 0 Å². The van der Waals surface area contributed by atoms with Crippen LogP contribution >= 0.6 is 11.6 Å². The van der Waals surface area contributed by atoms with E-state index in [9.17, 15) is 5.11 Å². The fourth-order valence-electron chi connectivity index (χ4n) is 2.22. The van der Waals surface area contributed by atoms with Gasteiger partial charge in [-0.2, -0.15) is 0 Å². The molecule has 2 unspecified atom stereocenters. The molecule has 0 aliphatic carbocycles. The van der Waals surface area contributed by atoms with E-state index in [0.717, 1.165) is 18.4 Å². The van der Waals surface area contributed by atoms with E-state index in [2.05, 4.69) is 0 Å². The van der Waals surface area contributed by atoms with Crippen molar-refractivity contribution in [2.75, 3.05) is 13.7 Å². The molecule has 1 aromatic carbocycles. The number of ether oxygens (including phenoxy) is 2. The first-order valence-electron chi connectivity index (χ1n) is 5.72. The highest BCUT2D eigenvalue weighted by molar-refractivity contribution is 6.32. The van der Waals surface area contributed by atoms with E-state index < -0.39 is 11.7 Å². The molecule has 0 aromatic heterocycles. The Bertz CT molecular complexity index is 400. The van der Waals surface area contributed by atoms with E-state index >= 15 is 0 Å². The predicted octanol–water partition coefficient (Wildman–Crippen LogP) is 2.95. The molecule has 2 atom stereocenters. The van der Waals surface area contributed by atoms with E-state index in [4.69, 9.17) is 21.1 Å². The van der Waals surface area contributed by atoms with Gasteiger partial charge in [0.15, 0.2) is 0 Å². The SMILES string of the molecule is COc1ccc(C(O)C2(C)CCCO2)cc1Cl. The monoisotopic (exact) mass is 256 g/mol. The van der Waals surface area contributed by atoms with Crippen LogP contribution in [0.1, 0.15) is 31.4 Å². The van der Waals surface area contributed by atoms with Crippen molar-refractivity contribution in [1.82, 2.24) is 0 Å². The van der Waals surface area contributed by atoms with E-state index in [-0.39, 0.29) is 0 Å². The molecule has 3 nitrogen and oxygen atoms in total. The lowest BCUT2D eigenvalue weighted by atomic mass is 9.90. The smallest absolute Gasteiger partial charge is 0.137 e. The molecule has 0 radical (unpaired) electrons. The van der Waals surface area contributed by atoms with Crippen LogP contribution in [0.4, 0.5) is 0 Å². The number of halogens is 1. The first-order valence-corrected chi connectivity index (χ1v) is 6.10. The number of benzene rings is 1. The molecule has 0 spiro atoms. The van der Waals surface area contributed by atoms with Crippen LogP contribution in [0.2, 0.25) is 5.02 Å². The van der Waals surface area contributed by atoms with Crippen molar-refractivity contribution in [1.29, 1.82) is 0 Å². The Morgan fingerprint density at radius 1 is 1.53 bits per heavy atom. The lowest BCUT2D eigenvalue weighted by Gasteiger charge is -2.29. The van der Waals surface area contributed by atoms with Gasteiger partial charge in [0.25, 0.3) is 0 Å². The zero-order chi connectivity index (χ0) is 12.5. The standard InChI is InChI=1S/C13H17ClO3/c1-13(6-3-7-17-13)12(15)9-4-5-11(16-2)10(14)8-9/h4-5,8,12,15H,3,6-7H2,1-2H3. The molecule has 0 saturated carbocycles. The number of methoxy groups -OCH3 is 1. The normalized spacial score (nSPS) is 25.9. The molecule has 0 bridgehead atoms. The average Bonchev–Trinajstić information content (AvgIpc) is 2.76. The molecule has 4 heteroatoms. The van der Waals surface area contributed by atoms with Gasteiger partial charge in [-0.3, -0.25) is 0 Å². The van der Waals surface area contributed by atoms with E-state index in [1.165, 1.54) is 0 Å². The zero-order valence-corrected chi connectivity index (χ0v) is 10.8. The van der Waals surface area contributed by atoms with Crippen LogP contribution in [0.3, 0.4) is 0 Å². The summed E-state index contributed by atoms with van der Waals surface area (Å²) in [4.78, 5) is 0. The molecule has 1 saturated heterocycles. The number of aliphatic hydroxyl groups excluding tert-OH is 1. The second-order valence-corrected chi connectivity index (χ2v) is 4.97. The molecule has 94 valence electrons.